The lowest BCUT2D eigenvalue weighted by molar-refractivity contribution is -0.115. The van der Waals surface area contributed by atoms with E-state index in [1.807, 2.05) is 30.3 Å². The van der Waals surface area contributed by atoms with E-state index in [1.54, 1.807) is 0 Å². The number of aliphatic imine (C=N–C) groups is 1. The van der Waals surface area contributed by atoms with Crippen molar-refractivity contribution in [3.8, 4) is 0 Å². The van der Waals surface area contributed by atoms with Crippen LogP contribution in [-0.2, 0) is 16.0 Å². The van der Waals surface area contributed by atoms with Gasteiger partial charge in [0.05, 0.1) is 7.11 Å². The smallest absolute Gasteiger partial charge is 0.184 e. The maximum atomic E-state index is 11.8. The van der Waals surface area contributed by atoms with Crippen molar-refractivity contribution in [2.24, 2.45) is 4.99 Å². The number of rotatable bonds is 3. The van der Waals surface area contributed by atoms with E-state index in [0.29, 0.717) is 12.2 Å². The second kappa shape index (κ2) is 5.15. The number of halogens is 1. The third-order valence-electron chi connectivity index (χ3n) is 2.57. The molecule has 1 aromatic carbocycles. The van der Waals surface area contributed by atoms with Gasteiger partial charge in [0.2, 0.25) is 0 Å². The minimum absolute atomic E-state index is 0.0740. The molecule has 0 amide bonds. The number of ether oxygens (including phenoxy) is 1. The average Bonchev–Trinajstić information content (AvgIpc) is 2.34. The third-order valence-corrected chi connectivity index (χ3v) is 2.85. The fraction of sp³-hybridized carbons (Fsp3) is 0.231. The quantitative estimate of drug-likeness (QED) is 0.825. The second-order valence-corrected chi connectivity index (χ2v) is 4.10. The Morgan fingerprint density at radius 1 is 1.35 bits per heavy atom. The van der Waals surface area contributed by atoms with E-state index < -0.39 is 6.04 Å². The highest BCUT2D eigenvalue weighted by Gasteiger charge is 2.24. The summed E-state index contributed by atoms with van der Waals surface area (Å²) in [5.41, 5.74) is 1.06. The van der Waals surface area contributed by atoms with E-state index in [4.69, 9.17) is 16.3 Å². The van der Waals surface area contributed by atoms with Crippen LogP contribution in [0.3, 0.4) is 0 Å². The lowest BCUT2D eigenvalue weighted by Gasteiger charge is -2.16. The Morgan fingerprint density at radius 2 is 2.06 bits per heavy atom. The molecule has 0 saturated carbocycles. The van der Waals surface area contributed by atoms with E-state index in [1.165, 1.54) is 13.2 Å². The molecule has 0 radical (unpaired) electrons. The highest BCUT2D eigenvalue weighted by molar-refractivity contribution is 6.69. The summed E-state index contributed by atoms with van der Waals surface area (Å²) >= 11 is 5.91. The van der Waals surface area contributed by atoms with Crippen molar-refractivity contribution in [2.75, 3.05) is 7.11 Å². The van der Waals surface area contributed by atoms with E-state index in [0.717, 1.165) is 5.56 Å². The summed E-state index contributed by atoms with van der Waals surface area (Å²) in [5, 5.41) is 0.257. The maximum absolute atomic E-state index is 11.8. The first-order valence-corrected chi connectivity index (χ1v) is 5.65. The van der Waals surface area contributed by atoms with E-state index in [2.05, 4.69) is 4.99 Å². The molecule has 3 nitrogen and oxygen atoms in total. The van der Waals surface area contributed by atoms with Gasteiger partial charge < -0.3 is 4.74 Å². The number of hydrogen-bond donors (Lipinski definition) is 0. The molecule has 0 fully saturated rings. The van der Waals surface area contributed by atoms with Gasteiger partial charge in [0.25, 0.3) is 0 Å². The minimum atomic E-state index is -0.441. The molecule has 1 aliphatic heterocycles. The summed E-state index contributed by atoms with van der Waals surface area (Å²) < 4.78 is 4.95. The molecule has 0 unspecified atom stereocenters. The molecule has 1 atom stereocenters. The van der Waals surface area contributed by atoms with Crippen LogP contribution in [0.15, 0.2) is 47.2 Å². The molecule has 0 bridgehead atoms. The van der Waals surface area contributed by atoms with Crippen molar-refractivity contribution in [3.63, 3.8) is 0 Å². The van der Waals surface area contributed by atoms with Crippen LogP contribution in [0.2, 0.25) is 0 Å². The summed E-state index contributed by atoms with van der Waals surface area (Å²) in [6.07, 6.45) is 1.96. The molecule has 2 rings (SSSR count). The molecule has 1 heterocycles. The van der Waals surface area contributed by atoms with Crippen LogP contribution >= 0.6 is 11.6 Å². The van der Waals surface area contributed by atoms with Gasteiger partial charge in [-0.3, -0.25) is 9.79 Å². The summed E-state index contributed by atoms with van der Waals surface area (Å²) in [5.74, 6) is 0.260. The highest BCUT2D eigenvalue weighted by atomic mass is 35.5. The Hall–Kier alpha value is -1.61. The molecule has 0 saturated heterocycles. The maximum Gasteiger partial charge on any atom is 0.184 e. The first-order valence-electron chi connectivity index (χ1n) is 5.28. The average molecular weight is 250 g/mol. The Labute approximate surface area is 105 Å². The van der Waals surface area contributed by atoms with Crippen LogP contribution in [-0.4, -0.2) is 24.1 Å². The van der Waals surface area contributed by atoms with Gasteiger partial charge in [-0.15, -0.1) is 0 Å². The summed E-state index contributed by atoms with van der Waals surface area (Å²) in [6.45, 7) is 0. The molecule has 4 heteroatoms. The molecule has 0 spiro atoms. The van der Waals surface area contributed by atoms with Crippen LogP contribution in [0.25, 0.3) is 0 Å². The molecule has 0 aromatic heterocycles. The van der Waals surface area contributed by atoms with Gasteiger partial charge in [-0.25, -0.2) is 0 Å². The molecule has 0 aliphatic carbocycles. The van der Waals surface area contributed by atoms with Crippen LogP contribution in [0.1, 0.15) is 5.56 Å². The van der Waals surface area contributed by atoms with Gasteiger partial charge in [-0.2, -0.15) is 0 Å². The summed E-state index contributed by atoms with van der Waals surface area (Å²) in [4.78, 5) is 15.9. The van der Waals surface area contributed by atoms with Gasteiger partial charge >= 0.3 is 0 Å². The van der Waals surface area contributed by atoms with Crippen molar-refractivity contribution in [1.82, 2.24) is 0 Å². The number of methoxy groups -OCH3 is 1. The molecule has 0 N–H and O–H groups in total. The number of nitrogens with zero attached hydrogens (tertiary/aromatic N) is 1. The predicted molar refractivity (Wildman–Crippen MR) is 67.3 cm³/mol. The van der Waals surface area contributed by atoms with Crippen molar-refractivity contribution < 1.29 is 9.53 Å². The molecule has 1 aromatic rings. The lowest BCUT2D eigenvalue weighted by atomic mass is 10.0. The van der Waals surface area contributed by atoms with Crippen LogP contribution in [0, 0.1) is 0 Å². The van der Waals surface area contributed by atoms with Gasteiger partial charge in [-0.05, 0) is 5.56 Å². The van der Waals surface area contributed by atoms with Gasteiger partial charge in [-0.1, -0.05) is 41.9 Å². The van der Waals surface area contributed by atoms with Crippen molar-refractivity contribution in [3.05, 3.63) is 47.7 Å². The number of allylic oxidation sites excluding steroid dienone is 1. The lowest BCUT2D eigenvalue weighted by Crippen LogP contribution is -2.25. The monoisotopic (exact) mass is 249 g/mol. The standard InChI is InChI=1S/C13H12ClNO2/c1-17-12-8-11(16)10(15-13(12)14)7-9-5-3-2-4-6-9/h2-6,8,10H,7H2,1H3/t10-/m1/s1. The number of carbonyl (C=O) groups excluding carboxylic acids is 1. The second-order valence-electron chi connectivity index (χ2n) is 3.74. The van der Waals surface area contributed by atoms with Crippen molar-refractivity contribution in [1.29, 1.82) is 0 Å². The van der Waals surface area contributed by atoms with E-state index in [9.17, 15) is 4.79 Å². The Morgan fingerprint density at radius 3 is 2.71 bits per heavy atom. The molecular weight excluding hydrogens is 238 g/mol. The number of carbonyl (C=O) groups is 1. The number of benzene rings is 1. The zero-order valence-electron chi connectivity index (χ0n) is 9.39. The molecule has 88 valence electrons. The first kappa shape index (κ1) is 11.9. The van der Waals surface area contributed by atoms with E-state index in [-0.39, 0.29) is 11.0 Å². The zero-order valence-corrected chi connectivity index (χ0v) is 10.1. The topological polar surface area (TPSA) is 38.7 Å². The Bertz CT molecular complexity index is 479. The predicted octanol–water partition coefficient (Wildman–Crippen LogP) is 2.35. The van der Waals surface area contributed by atoms with Crippen LogP contribution < -0.4 is 0 Å². The molecule has 17 heavy (non-hydrogen) atoms. The van der Waals surface area contributed by atoms with Crippen molar-refractivity contribution in [2.45, 2.75) is 12.5 Å². The van der Waals surface area contributed by atoms with Gasteiger partial charge in [0, 0.05) is 12.5 Å². The van der Waals surface area contributed by atoms with Crippen LogP contribution in [0.5, 0.6) is 0 Å². The van der Waals surface area contributed by atoms with Crippen LogP contribution in [0.4, 0.5) is 0 Å². The zero-order chi connectivity index (χ0) is 12.3. The number of ketones is 1. The first-order chi connectivity index (χ1) is 8.20. The van der Waals surface area contributed by atoms with Crippen molar-refractivity contribution >= 4 is 22.6 Å². The van der Waals surface area contributed by atoms with Gasteiger partial charge in [0.15, 0.2) is 16.7 Å². The fourth-order valence-corrected chi connectivity index (χ4v) is 1.93. The largest absolute Gasteiger partial charge is 0.493 e. The summed E-state index contributed by atoms with van der Waals surface area (Å²) in [7, 11) is 1.47. The number of hydrogen-bond acceptors (Lipinski definition) is 3. The SMILES string of the molecule is COC1=CC(=O)[C@@H](Cc2ccccc2)N=C1Cl. The third kappa shape index (κ3) is 2.74. The minimum Gasteiger partial charge on any atom is -0.493 e. The normalized spacial score (nSPS) is 19.6. The fourth-order valence-electron chi connectivity index (χ4n) is 1.68. The molecular formula is C13H12ClNO2. The highest BCUT2D eigenvalue weighted by Crippen LogP contribution is 2.17. The van der Waals surface area contributed by atoms with Gasteiger partial charge in [0.1, 0.15) is 6.04 Å². The Balaban J connectivity index is 2.15. The Kier molecular flexibility index (Phi) is 3.59. The van der Waals surface area contributed by atoms with E-state index >= 15 is 0 Å². The summed E-state index contributed by atoms with van der Waals surface area (Å²) in [6, 6.07) is 9.29. The number of dihydropyridines is 1. The molecule has 1 aliphatic rings.